The molecule has 1 fully saturated rings. The van der Waals surface area contributed by atoms with E-state index in [-0.39, 0.29) is 0 Å². The molecule has 0 radical (unpaired) electrons. The molecule has 1 aromatic heterocycles. The third-order valence-corrected chi connectivity index (χ3v) is 3.49. The fourth-order valence-corrected chi connectivity index (χ4v) is 2.34. The van der Waals surface area contributed by atoms with E-state index in [0.717, 1.165) is 19.1 Å². The van der Waals surface area contributed by atoms with Gasteiger partial charge in [-0.15, -0.1) is 0 Å². The molecular weight excluding hydrogens is 200 g/mol. The summed E-state index contributed by atoms with van der Waals surface area (Å²) < 4.78 is 2.01. The Kier molecular flexibility index (Phi) is 3.96. The third kappa shape index (κ3) is 3.06. The predicted octanol–water partition coefficient (Wildman–Crippen LogP) is 0.909. The Morgan fingerprint density at radius 3 is 2.56 bits per heavy atom. The summed E-state index contributed by atoms with van der Waals surface area (Å²) in [6, 6.07) is 2.76. The van der Waals surface area contributed by atoms with E-state index in [9.17, 15) is 0 Å². The molecule has 0 spiro atoms. The Bertz CT molecular complexity index is 286. The first-order valence-electron chi connectivity index (χ1n) is 6.12. The minimum Gasteiger partial charge on any atom is -0.306 e. The van der Waals surface area contributed by atoms with Crippen LogP contribution in [-0.4, -0.2) is 59.4 Å². The van der Waals surface area contributed by atoms with Crippen molar-refractivity contribution in [1.29, 1.82) is 0 Å². The number of rotatable bonds is 4. The van der Waals surface area contributed by atoms with Crippen molar-refractivity contribution in [2.24, 2.45) is 0 Å². The van der Waals surface area contributed by atoms with Gasteiger partial charge >= 0.3 is 0 Å². The van der Waals surface area contributed by atoms with Crippen LogP contribution >= 0.6 is 0 Å². The number of aromatic nitrogens is 2. The monoisotopic (exact) mass is 222 g/mol. The summed E-state index contributed by atoms with van der Waals surface area (Å²) >= 11 is 0. The van der Waals surface area contributed by atoms with Gasteiger partial charge in [-0.2, -0.15) is 5.10 Å². The summed E-state index contributed by atoms with van der Waals surface area (Å²) in [6.45, 7) is 4.59. The van der Waals surface area contributed by atoms with E-state index in [2.05, 4.69) is 29.0 Å². The molecule has 0 atom stereocenters. The van der Waals surface area contributed by atoms with E-state index in [1.54, 1.807) is 0 Å². The average Bonchev–Trinajstić information content (AvgIpc) is 2.80. The first-order chi connectivity index (χ1) is 7.75. The molecule has 1 saturated heterocycles. The van der Waals surface area contributed by atoms with Gasteiger partial charge in [0.25, 0.3) is 0 Å². The molecule has 0 amide bonds. The summed E-state index contributed by atoms with van der Waals surface area (Å²) in [5.74, 6) is 0. The van der Waals surface area contributed by atoms with Crippen molar-refractivity contribution in [3.8, 4) is 0 Å². The van der Waals surface area contributed by atoms with Gasteiger partial charge in [-0.25, -0.2) is 0 Å². The molecule has 0 aliphatic carbocycles. The normalized spacial score (nSPS) is 19.4. The molecule has 0 bridgehead atoms. The molecule has 1 aromatic rings. The maximum absolute atomic E-state index is 4.23. The summed E-state index contributed by atoms with van der Waals surface area (Å²) in [5.41, 5.74) is 0. The molecule has 16 heavy (non-hydrogen) atoms. The zero-order chi connectivity index (χ0) is 11.4. The Balaban J connectivity index is 1.69. The molecule has 1 aliphatic heterocycles. The van der Waals surface area contributed by atoms with Crippen LogP contribution in [0.4, 0.5) is 0 Å². The lowest BCUT2D eigenvalue weighted by atomic mass is 10.0. The molecule has 1 aliphatic rings. The summed E-state index contributed by atoms with van der Waals surface area (Å²) in [6.07, 6.45) is 6.48. The predicted molar refractivity (Wildman–Crippen MR) is 65.4 cm³/mol. The number of hydrogen-bond donors (Lipinski definition) is 0. The van der Waals surface area contributed by atoms with E-state index in [1.165, 1.54) is 25.9 Å². The first-order valence-corrected chi connectivity index (χ1v) is 6.12. The quantitative estimate of drug-likeness (QED) is 0.757. The standard InChI is InChI=1S/C12H22N4/c1-14(2)12-4-8-15(9-5-12)10-11-16-7-3-6-13-16/h3,6-7,12H,4-5,8-11H2,1-2H3. The fourth-order valence-electron chi connectivity index (χ4n) is 2.34. The highest BCUT2D eigenvalue weighted by Gasteiger charge is 2.19. The highest BCUT2D eigenvalue weighted by molar-refractivity contribution is 4.79. The van der Waals surface area contributed by atoms with Gasteiger partial charge in [-0.3, -0.25) is 4.68 Å². The molecule has 0 aromatic carbocycles. The molecule has 90 valence electrons. The average molecular weight is 222 g/mol. The van der Waals surface area contributed by atoms with E-state index >= 15 is 0 Å². The topological polar surface area (TPSA) is 24.3 Å². The van der Waals surface area contributed by atoms with Gasteiger partial charge in [-0.05, 0) is 46.1 Å². The maximum Gasteiger partial charge on any atom is 0.0536 e. The Hall–Kier alpha value is -0.870. The zero-order valence-corrected chi connectivity index (χ0v) is 10.3. The first kappa shape index (κ1) is 11.6. The van der Waals surface area contributed by atoms with Gasteiger partial charge in [0.15, 0.2) is 0 Å². The number of piperidine rings is 1. The Morgan fingerprint density at radius 2 is 2.00 bits per heavy atom. The minimum absolute atomic E-state index is 0.779. The highest BCUT2D eigenvalue weighted by Crippen LogP contribution is 2.13. The Morgan fingerprint density at radius 1 is 1.25 bits per heavy atom. The molecule has 0 N–H and O–H groups in total. The largest absolute Gasteiger partial charge is 0.306 e. The zero-order valence-electron chi connectivity index (χ0n) is 10.3. The van der Waals surface area contributed by atoms with Gasteiger partial charge < -0.3 is 9.80 Å². The van der Waals surface area contributed by atoms with E-state index in [1.807, 2.05) is 23.1 Å². The summed E-state index contributed by atoms with van der Waals surface area (Å²) in [5, 5.41) is 4.23. The molecule has 0 saturated carbocycles. The van der Waals surface area contributed by atoms with Gasteiger partial charge in [0.1, 0.15) is 0 Å². The van der Waals surface area contributed by atoms with Crippen molar-refractivity contribution in [3.63, 3.8) is 0 Å². The van der Waals surface area contributed by atoms with Crippen LogP contribution in [-0.2, 0) is 6.54 Å². The van der Waals surface area contributed by atoms with E-state index in [0.29, 0.717) is 0 Å². The van der Waals surface area contributed by atoms with Crippen molar-refractivity contribution in [2.45, 2.75) is 25.4 Å². The maximum atomic E-state index is 4.23. The van der Waals surface area contributed by atoms with Crippen LogP contribution in [0.15, 0.2) is 18.5 Å². The number of hydrogen-bond acceptors (Lipinski definition) is 3. The minimum atomic E-state index is 0.779. The van der Waals surface area contributed by atoms with E-state index < -0.39 is 0 Å². The van der Waals surface area contributed by atoms with Crippen LogP contribution in [0, 0.1) is 0 Å². The summed E-state index contributed by atoms with van der Waals surface area (Å²) in [7, 11) is 4.37. The molecule has 2 heterocycles. The second-order valence-electron chi connectivity index (χ2n) is 4.81. The van der Waals surface area contributed by atoms with Crippen LogP contribution in [0.5, 0.6) is 0 Å². The summed E-state index contributed by atoms with van der Waals surface area (Å²) in [4.78, 5) is 4.90. The lowest BCUT2D eigenvalue weighted by molar-refractivity contribution is 0.140. The van der Waals surface area contributed by atoms with Crippen molar-refractivity contribution in [1.82, 2.24) is 19.6 Å². The van der Waals surface area contributed by atoms with Crippen LogP contribution in [0.25, 0.3) is 0 Å². The van der Waals surface area contributed by atoms with Crippen molar-refractivity contribution in [3.05, 3.63) is 18.5 Å². The van der Waals surface area contributed by atoms with Crippen LogP contribution in [0.3, 0.4) is 0 Å². The van der Waals surface area contributed by atoms with Gasteiger partial charge in [-0.1, -0.05) is 0 Å². The van der Waals surface area contributed by atoms with Crippen LogP contribution in [0.2, 0.25) is 0 Å². The highest BCUT2D eigenvalue weighted by atomic mass is 15.3. The molecule has 2 rings (SSSR count). The van der Waals surface area contributed by atoms with E-state index in [4.69, 9.17) is 0 Å². The third-order valence-electron chi connectivity index (χ3n) is 3.49. The van der Waals surface area contributed by atoms with Gasteiger partial charge in [0, 0.05) is 25.0 Å². The van der Waals surface area contributed by atoms with Crippen molar-refractivity contribution < 1.29 is 0 Å². The SMILES string of the molecule is CN(C)C1CCN(CCn2cccn2)CC1. The number of likely N-dealkylation sites (tertiary alicyclic amines) is 1. The lowest BCUT2D eigenvalue weighted by Gasteiger charge is -2.35. The fraction of sp³-hybridized carbons (Fsp3) is 0.750. The number of nitrogens with zero attached hydrogens (tertiary/aromatic N) is 4. The second-order valence-corrected chi connectivity index (χ2v) is 4.81. The van der Waals surface area contributed by atoms with Gasteiger partial charge in [0.05, 0.1) is 6.54 Å². The lowest BCUT2D eigenvalue weighted by Crippen LogP contribution is -2.42. The van der Waals surface area contributed by atoms with Crippen LogP contribution < -0.4 is 0 Å². The van der Waals surface area contributed by atoms with Gasteiger partial charge in [0.2, 0.25) is 0 Å². The second kappa shape index (κ2) is 5.46. The smallest absolute Gasteiger partial charge is 0.0536 e. The molecule has 0 unspecified atom stereocenters. The molecule has 4 nitrogen and oxygen atoms in total. The van der Waals surface area contributed by atoms with Crippen molar-refractivity contribution >= 4 is 0 Å². The Labute approximate surface area is 97.8 Å². The molecule has 4 heteroatoms. The van der Waals surface area contributed by atoms with Crippen molar-refractivity contribution in [2.75, 3.05) is 33.7 Å². The molecular formula is C12H22N4. The van der Waals surface area contributed by atoms with Crippen LogP contribution in [0.1, 0.15) is 12.8 Å².